The van der Waals surface area contributed by atoms with Crippen molar-refractivity contribution in [3.05, 3.63) is 46.0 Å². The number of hydrogen-bond acceptors (Lipinski definition) is 4. The van der Waals surface area contributed by atoms with E-state index in [-0.39, 0.29) is 17.0 Å². The number of ether oxygens (including phenoxy) is 1. The summed E-state index contributed by atoms with van der Waals surface area (Å²) in [6, 6.07) is 4.04. The zero-order valence-electron chi connectivity index (χ0n) is 10.3. The van der Waals surface area contributed by atoms with Crippen LogP contribution in [0.25, 0.3) is 0 Å². The summed E-state index contributed by atoms with van der Waals surface area (Å²) in [7, 11) is 1.33. The van der Waals surface area contributed by atoms with Crippen LogP contribution in [0.4, 0.5) is 5.69 Å². The number of hydrogen-bond donors (Lipinski definition) is 1. The zero-order valence-corrected chi connectivity index (χ0v) is 11.0. The van der Waals surface area contributed by atoms with Gasteiger partial charge >= 0.3 is 5.69 Å². The average molecular weight is 285 g/mol. The molecule has 102 valence electrons. The van der Waals surface area contributed by atoms with Gasteiger partial charge in [0, 0.05) is 24.1 Å². The second-order valence-corrected chi connectivity index (χ2v) is 3.79. The van der Waals surface area contributed by atoms with Gasteiger partial charge < -0.3 is 10.1 Å². The average Bonchev–Trinajstić information content (AvgIpc) is 2.42. The van der Waals surface area contributed by atoms with E-state index >= 15 is 0 Å². The van der Waals surface area contributed by atoms with Crippen LogP contribution in [-0.4, -0.2) is 30.4 Å². The van der Waals surface area contributed by atoms with E-state index in [1.807, 2.05) is 0 Å². The molecule has 0 aliphatic rings. The summed E-state index contributed by atoms with van der Waals surface area (Å²) < 4.78 is 4.86. The standard InChI is InChI=1S/C12H13ClN2O4/c1-19-11-5-4-9(8-10(11)15(17)18)12(16)14-7-3-2-6-13/h2-5,8H,6-7H2,1H3,(H,14,16)/b3-2+. The van der Waals surface area contributed by atoms with Gasteiger partial charge in [0.1, 0.15) is 0 Å². The van der Waals surface area contributed by atoms with Gasteiger partial charge in [-0.1, -0.05) is 12.2 Å². The van der Waals surface area contributed by atoms with Crippen molar-refractivity contribution in [1.29, 1.82) is 0 Å². The van der Waals surface area contributed by atoms with Crippen LogP contribution in [0, 0.1) is 10.1 Å². The molecular formula is C12H13ClN2O4. The number of amides is 1. The molecule has 1 N–H and O–H groups in total. The van der Waals surface area contributed by atoms with E-state index in [0.717, 1.165) is 0 Å². The highest BCUT2D eigenvalue weighted by Gasteiger charge is 2.17. The Kier molecular flexibility index (Phi) is 5.81. The van der Waals surface area contributed by atoms with Crippen molar-refractivity contribution in [3.8, 4) is 5.75 Å². The quantitative estimate of drug-likeness (QED) is 0.375. The van der Waals surface area contributed by atoms with Gasteiger partial charge in [0.05, 0.1) is 12.0 Å². The first kappa shape index (κ1) is 15.0. The fourth-order valence-corrected chi connectivity index (χ4v) is 1.50. The van der Waals surface area contributed by atoms with Gasteiger partial charge in [-0.15, -0.1) is 11.6 Å². The molecule has 0 aromatic heterocycles. The first-order valence-corrected chi connectivity index (χ1v) is 5.95. The molecule has 7 heteroatoms. The Hall–Kier alpha value is -2.08. The highest BCUT2D eigenvalue weighted by Crippen LogP contribution is 2.27. The molecule has 0 radical (unpaired) electrons. The molecule has 1 aromatic carbocycles. The predicted octanol–water partition coefficient (Wildman–Crippen LogP) is 2.13. The van der Waals surface area contributed by atoms with Crippen molar-refractivity contribution < 1.29 is 14.5 Å². The lowest BCUT2D eigenvalue weighted by atomic mass is 10.1. The largest absolute Gasteiger partial charge is 0.490 e. The highest BCUT2D eigenvalue weighted by molar-refractivity contribution is 6.18. The van der Waals surface area contributed by atoms with Crippen molar-refractivity contribution >= 4 is 23.2 Å². The van der Waals surface area contributed by atoms with E-state index in [1.54, 1.807) is 12.2 Å². The number of nitro groups is 1. The maximum Gasteiger partial charge on any atom is 0.311 e. The van der Waals surface area contributed by atoms with Gasteiger partial charge in [0.25, 0.3) is 5.91 Å². The molecule has 1 amide bonds. The fourth-order valence-electron chi connectivity index (χ4n) is 1.37. The Bertz CT molecular complexity index is 503. The molecule has 0 unspecified atom stereocenters. The van der Waals surface area contributed by atoms with Crippen LogP contribution >= 0.6 is 11.6 Å². The minimum Gasteiger partial charge on any atom is -0.490 e. The van der Waals surface area contributed by atoms with Crippen LogP contribution in [0.5, 0.6) is 5.75 Å². The summed E-state index contributed by atoms with van der Waals surface area (Å²) in [4.78, 5) is 22.0. The molecule has 0 bridgehead atoms. The van der Waals surface area contributed by atoms with Gasteiger partial charge in [0.2, 0.25) is 0 Å². The van der Waals surface area contributed by atoms with Crippen molar-refractivity contribution in [3.63, 3.8) is 0 Å². The lowest BCUT2D eigenvalue weighted by Gasteiger charge is -2.05. The van der Waals surface area contributed by atoms with E-state index in [1.165, 1.54) is 25.3 Å². The Morgan fingerprint density at radius 2 is 2.26 bits per heavy atom. The zero-order chi connectivity index (χ0) is 14.3. The van der Waals surface area contributed by atoms with E-state index in [0.29, 0.717) is 12.4 Å². The third-order valence-electron chi connectivity index (χ3n) is 2.27. The van der Waals surface area contributed by atoms with Crippen LogP contribution in [0.15, 0.2) is 30.4 Å². The molecule has 6 nitrogen and oxygen atoms in total. The predicted molar refractivity (Wildman–Crippen MR) is 71.8 cm³/mol. The lowest BCUT2D eigenvalue weighted by molar-refractivity contribution is -0.385. The van der Waals surface area contributed by atoms with Crippen molar-refractivity contribution in [2.45, 2.75) is 0 Å². The molecule has 0 aliphatic heterocycles. The van der Waals surface area contributed by atoms with Crippen LogP contribution < -0.4 is 10.1 Å². The Morgan fingerprint density at radius 1 is 1.53 bits per heavy atom. The monoisotopic (exact) mass is 284 g/mol. The van der Waals surface area contributed by atoms with Crippen LogP contribution in [0.1, 0.15) is 10.4 Å². The molecular weight excluding hydrogens is 272 g/mol. The Morgan fingerprint density at radius 3 is 2.84 bits per heavy atom. The minimum atomic E-state index is -0.594. The number of halogens is 1. The second kappa shape index (κ2) is 7.38. The lowest BCUT2D eigenvalue weighted by Crippen LogP contribution is -2.23. The number of carbonyl (C=O) groups excluding carboxylic acids is 1. The molecule has 0 fully saturated rings. The molecule has 0 saturated heterocycles. The van der Waals surface area contributed by atoms with Gasteiger partial charge in [-0.2, -0.15) is 0 Å². The van der Waals surface area contributed by atoms with Crippen LogP contribution in [-0.2, 0) is 0 Å². The van der Waals surface area contributed by atoms with Gasteiger partial charge in [-0.3, -0.25) is 14.9 Å². The number of methoxy groups -OCH3 is 1. The van der Waals surface area contributed by atoms with Crippen LogP contribution in [0.3, 0.4) is 0 Å². The second-order valence-electron chi connectivity index (χ2n) is 3.48. The molecule has 0 spiro atoms. The molecule has 0 atom stereocenters. The molecule has 1 rings (SSSR count). The first-order chi connectivity index (χ1) is 9.10. The molecule has 1 aromatic rings. The van der Waals surface area contributed by atoms with E-state index in [2.05, 4.69) is 5.32 Å². The fraction of sp³-hybridized carbons (Fsp3) is 0.250. The molecule has 0 heterocycles. The van der Waals surface area contributed by atoms with E-state index < -0.39 is 10.8 Å². The summed E-state index contributed by atoms with van der Waals surface area (Å²) in [5.41, 5.74) is -0.0433. The normalized spacial score (nSPS) is 10.4. The number of rotatable bonds is 6. The third-order valence-corrected chi connectivity index (χ3v) is 2.45. The Labute approximate surface area is 115 Å². The van der Waals surface area contributed by atoms with Crippen LogP contribution in [0.2, 0.25) is 0 Å². The SMILES string of the molecule is COc1ccc(C(=O)NC/C=C/CCl)cc1[N+](=O)[O-]. The number of nitrogens with zero attached hydrogens (tertiary/aromatic N) is 1. The number of allylic oxidation sites excluding steroid dienone is 1. The molecule has 0 saturated carbocycles. The number of nitrogens with one attached hydrogen (secondary N) is 1. The number of nitro benzene ring substituents is 1. The van der Waals surface area contributed by atoms with E-state index in [9.17, 15) is 14.9 Å². The maximum atomic E-state index is 11.7. The third kappa shape index (κ3) is 4.26. The van der Waals surface area contributed by atoms with Gasteiger partial charge in [-0.25, -0.2) is 0 Å². The summed E-state index contributed by atoms with van der Waals surface area (Å²) in [6.45, 7) is 0.311. The number of benzene rings is 1. The van der Waals surface area contributed by atoms with Gasteiger partial charge in [-0.05, 0) is 12.1 Å². The minimum absolute atomic E-state index is 0.114. The number of carbonyl (C=O) groups is 1. The molecule has 0 aliphatic carbocycles. The summed E-state index contributed by atoms with van der Waals surface area (Å²) >= 11 is 5.43. The first-order valence-electron chi connectivity index (χ1n) is 5.41. The summed E-state index contributed by atoms with van der Waals surface area (Å²) in [6.07, 6.45) is 3.39. The summed E-state index contributed by atoms with van der Waals surface area (Å²) in [5.74, 6) is 0.0812. The highest BCUT2D eigenvalue weighted by atomic mass is 35.5. The topological polar surface area (TPSA) is 81.5 Å². The maximum absolute atomic E-state index is 11.7. The van der Waals surface area contributed by atoms with Crippen molar-refractivity contribution in [1.82, 2.24) is 5.32 Å². The smallest absolute Gasteiger partial charge is 0.311 e. The van der Waals surface area contributed by atoms with Gasteiger partial charge in [0.15, 0.2) is 5.75 Å². The van der Waals surface area contributed by atoms with Crippen molar-refractivity contribution in [2.75, 3.05) is 19.5 Å². The number of alkyl halides is 1. The van der Waals surface area contributed by atoms with Crippen molar-refractivity contribution in [2.24, 2.45) is 0 Å². The molecule has 19 heavy (non-hydrogen) atoms. The van der Waals surface area contributed by atoms with E-state index in [4.69, 9.17) is 16.3 Å². The summed E-state index contributed by atoms with van der Waals surface area (Å²) in [5, 5.41) is 13.4. The Balaban J connectivity index is 2.83.